The summed E-state index contributed by atoms with van der Waals surface area (Å²) in [5.74, 6) is -0.655. The zero-order valence-electron chi connectivity index (χ0n) is 5.31. The van der Waals surface area contributed by atoms with Crippen LogP contribution in [-0.2, 0) is 4.18 Å². The molecule has 0 aliphatic heterocycles. The van der Waals surface area contributed by atoms with Crippen LogP contribution in [0.25, 0.3) is 0 Å². The van der Waals surface area contributed by atoms with E-state index >= 15 is 0 Å². The Morgan fingerprint density at radius 1 is 1.55 bits per heavy atom. The Balaban J connectivity index is 2.99. The minimum absolute atomic E-state index is 0.152. The largest absolute Gasteiger partial charge is 0.430 e. The van der Waals surface area contributed by atoms with Gasteiger partial charge in [-0.25, -0.2) is 9.59 Å². The number of hydrogen-bond donors (Lipinski definition) is 1. The van der Waals surface area contributed by atoms with Gasteiger partial charge in [-0.1, -0.05) is 0 Å². The fourth-order valence-electron chi connectivity index (χ4n) is 0.527. The summed E-state index contributed by atoms with van der Waals surface area (Å²) in [7, 11) is 0. The van der Waals surface area contributed by atoms with E-state index in [1.54, 1.807) is 0 Å². The Morgan fingerprint density at radius 2 is 2.27 bits per heavy atom. The van der Waals surface area contributed by atoms with E-state index in [-0.39, 0.29) is 5.56 Å². The molecule has 0 aliphatic rings. The number of carbonyl (C=O) groups is 1. The maximum atomic E-state index is 10.7. The van der Waals surface area contributed by atoms with Gasteiger partial charge in [0.05, 0.1) is 5.56 Å². The van der Waals surface area contributed by atoms with Gasteiger partial charge in [-0.15, -0.1) is 0 Å². The third kappa shape index (κ3) is 1.84. The molecule has 1 aromatic heterocycles. The molecule has 0 radical (unpaired) electrons. The van der Waals surface area contributed by atoms with Crippen LogP contribution in [-0.4, -0.2) is 5.97 Å². The van der Waals surface area contributed by atoms with E-state index in [9.17, 15) is 9.59 Å². The van der Waals surface area contributed by atoms with Crippen LogP contribution in [0.4, 0.5) is 0 Å². The molecule has 1 rings (SSSR count). The van der Waals surface area contributed by atoms with E-state index in [1.165, 1.54) is 6.07 Å². The molecule has 0 unspecified atom stereocenters. The van der Waals surface area contributed by atoms with E-state index in [0.29, 0.717) is 0 Å². The van der Waals surface area contributed by atoms with Crippen LogP contribution >= 0.6 is 12.9 Å². The lowest BCUT2D eigenvalue weighted by molar-refractivity contribution is 0.0769. The van der Waals surface area contributed by atoms with Crippen LogP contribution in [0.15, 0.2) is 27.6 Å². The minimum atomic E-state index is -0.655. The average Bonchev–Trinajstić information content (AvgIpc) is 2.05. The molecule has 4 nitrogen and oxygen atoms in total. The molecule has 0 saturated heterocycles. The predicted octanol–water partition coefficient (Wildman–Crippen LogP) is 0.641. The van der Waals surface area contributed by atoms with E-state index < -0.39 is 11.6 Å². The number of rotatable bonds is 1. The lowest BCUT2D eigenvalue weighted by atomic mass is 10.3. The first kappa shape index (κ1) is 7.87. The molecule has 1 heterocycles. The molecule has 11 heavy (non-hydrogen) atoms. The zero-order valence-corrected chi connectivity index (χ0v) is 6.21. The van der Waals surface area contributed by atoms with Gasteiger partial charge in [0, 0.05) is 19.0 Å². The highest BCUT2D eigenvalue weighted by atomic mass is 32.1. The Morgan fingerprint density at radius 3 is 2.73 bits per heavy atom. The van der Waals surface area contributed by atoms with Gasteiger partial charge in [0.25, 0.3) is 0 Å². The quantitative estimate of drug-likeness (QED) is 0.499. The molecule has 0 atom stereocenters. The smallest absolute Gasteiger partial charge is 0.353 e. The van der Waals surface area contributed by atoms with Crippen molar-refractivity contribution in [2.45, 2.75) is 0 Å². The van der Waals surface area contributed by atoms with Crippen molar-refractivity contribution in [3.63, 3.8) is 0 Å². The second-order valence-electron chi connectivity index (χ2n) is 1.72. The molecule has 5 heteroatoms. The van der Waals surface area contributed by atoms with Crippen LogP contribution in [0.3, 0.4) is 0 Å². The summed E-state index contributed by atoms with van der Waals surface area (Å²) in [6.45, 7) is 0. The minimum Gasteiger partial charge on any atom is -0.430 e. The van der Waals surface area contributed by atoms with Crippen LogP contribution in [0.2, 0.25) is 0 Å². The van der Waals surface area contributed by atoms with Gasteiger partial charge in [-0.05, 0) is 6.07 Å². The first-order chi connectivity index (χ1) is 5.24. The lowest BCUT2D eigenvalue weighted by Gasteiger charge is -1.92. The first-order valence-electron chi connectivity index (χ1n) is 2.68. The molecular formula is C6H4O4S. The Labute approximate surface area is 67.4 Å². The fraction of sp³-hybridized carbons (Fsp3) is 0. The Kier molecular flexibility index (Phi) is 2.32. The lowest BCUT2D eigenvalue weighted by Crippen LogP contribution is -2.01. The third-order valence-corrected chi connectivity index (χ3v) is 1.19. The van der Waals surface area contributed by atoms with Crippen molar-refractivity contribution in [1.82, 2.24) is 0 Å². The molecular weight excluding hydrogens is 168 g/mol. The standard InChI is InChI=1S/C6H4O4S/c7-5-2-1-4(3-9-5)6(8)10-11/h1-3,11H. The highest BCUT2D eigenvalue weighted by molar-refractivity contribution is 7.75. The molecule has 0 aromatic carbocycles. The fourth-order valence-corrected chi connectivity index (χ4v) is 0.632. The van der Waals surface area contributed by atoms with Crippen molar-refractivity contribution in [3.8, 4) is 0 Å². The zero-order chi connectivity index (χ0) is 8.27. The van der Waals surface area contributed by atoms with Crippen LogP contribution < -0.4 is 5.63 Å². The second kappa shape index (κ2) is 3.25. The maximum Gasteiger partial charge on any atom is 0.353 e. The first-order valence-corrected chi connectivity index (χ1v) is 3.05. The molecule has 0 fully saturated rings. The van der Waals surface area contributed by atoms with Crippen LogP contribution in [0.5, 0.6) is 0 Å². The van der Waals surface area contributed by atoms with Gasteiger partial charge in [0.15, 0.2) is 0 Å². The molecule has 0 aliphatic carbocycles. The topological polar surface area (TPSA) is 56.5 Å². The van der Waals surface area contributed by atoms with Gasteiger partial charge < -0.3 is 8.60 Å². The summed E-state index contributed by atoms with van der Waals surface area (Å²) in [5, 5.41) is 0. The van der Waals surface area contributed by atoms with Crippen molar-refractivity contribution < 1.29 is 13.4 Å². The normalized spacial score (nSPS) is 9.18. The third-order valence-electron chi connectivity index (χ3n) is 1.02. The molecule has 0 amide bonds. The average molecular weight is 172 g/mol. The van der Waals surface area contributed by atoms with Crippen molar-refractivity contribution in [2.24, 2.45) is 0 Å². The molecule has 1 aromatic rings. The Bertz CT molecular complexity index is 296. The number of thiol groups is 1. The summed E-state index contributed by atoms with van der Waals surface area (Å²) in [4.78, 5) is 21.1. The molecule has 0 saturated carbocycles. The second-order valence-corrected chi connectivity index (χ2v) is 1.90. The number of carbonyl (C=O) groups excluding carboxylic acids is 1. The van der Waals surface area contributed by atoms with Gasteiger partial charge in [-0.2, -0.15) is 0 Å². The van der Waals surface area contributed by atoms with Gasteiger partial charge in [-0.3, -0.25) is 0 Å². The summed E-state index contributed by atoms with van der Waals surface area (Å²) >= 11 is 3.28. The van der Waals surface area contributed by atoms with Crippen molar-refractivity contribution >= 4 is 18.9 Å². The maximum absolute atomic E-state index is 10.7. The number of hydrogen-bond acceptors (Lipinski definition) is 5. The monoisotopic (exact) mass is 172 g/mol. The SMILES string of the molecule is O=C(OS)c1ccc(=O)oc1. The summed E-state index contributed by atoms with van der Waals surface area (Å²) in [6, 6.07) is 2.42. The van der Waals surface area contributed by atoms with Crippen molar-refractivity contribution in [2.75, 3.05) is 0 Å². The van der Waals surface area contributed by atoms with Gasteiger partial charge in [0.1, 0.15) is 6.26 Å². The molecule has 0 bridgehead atoms. The van der Waals surface area contributed by atoms with Gasteiger partial charge >= 0.3 is 11.6 Å². The van der Waals surface area contributed by atoms with E-state index in [2.05, 4.69) is 21.5 Å². The van der Waals surface area contributed by atoms with Crippen molar-refractivity contribution in [3.05, 3.63) is 34.4 Å². The van der Waals surface area contributed by atoms with E-state index in [4.69, 9.17) is 0 Å². The summed E-state index contributed by atoms with van der Waals surface area (Å²) in [6.07, 6.45) is 1.01. The molecule has 58 valence electrons. The van der Waals surface area contributed by atoms with Crippen LogP contribution in [0.1, 0.15) is 10.4 Å². The highest BCUT2D eigenvalue weighted by Crippen LogP contribution is 1.98. The highest BCUT2D eigenvalue weighted by Gasteiger charge is 2.04. The van der Waals surface area contributed by atoms with Gasteiger partial charge in [0.2, 0.25) is 0 Å². The van der Waals surface area contributed by atoms with E-state index in [0.717, 1.165) is 12.3 Å². The Hall–Kier alpha value is -1.23. The summed E-state index contributed by atoms with van der Waals surface area (Å²) in [5.41, 5.74) is -0.361. The molecule has 0 N–H and O–H groups in total. The van der Waals surface area contributed by atoms with Crippen molar-refractivity contribution in [1.29, 1.82) is 0 Å². The van der Waals surface area contributed by atoms with E-state index in [1.807, 2.05) is 0 Å². The summed E-state index contributed by atoms with van der Waals surface area (Å²) < 4.78 is 8.46. The predicted molar refractivity (Wildman–Crippen MR) is 39.4 cm³/mol. The molecule has 0 spiro atoms. The van der Waals surface area contributed by atoms with Crippen LogP contribution in [0, 0.1) is 0 Å².